The van der Waals surface area contributed by atoms with Gasteiger partial charge >= 0.3 is 12.1 Å². The van der Waals surface area contributed by atoms with Crippen LogP contribution in [0, 0.1) is 11.8 Å². The number of β-lactam (4-membered cyclic amide) rings is 1. The number of nitrogens with one attached hydrogen (secondary N) is 1. The number of amides is 2. The Kier molecular flexibility index (Phi) is 9.38. The number of hydrogen-bond acceptors (Lipinski definition) is 10. The van der Waals surface area contributed by atoms with Crippen LogP contribution in [0.2, 0.25) is 0 Å². The molecule has 2 N–H and O–H groups in total. The summed E-state index contributed by atoms with van der Waals surface area (Å²) >= 11 is 1.45. The van der Waals surface area contributed by atoms with Gasteiger partial charge in [0, 0.05) is 43.6 Å². The van der Waals surface area contributed by atoms with Crippen LogP contribution in [0.25, 0.3) is 0 Å². The Labute approximate surface area is 256 Å². The van der Waals surface area contributed by atoms with Crippen LogP contribution >= 0.6 is 11.8 Å². The summed E-state index contributed by atoms with van der Waals surface area (Å²) < 4.78 is 16.5. The first kappa shape index (κ1) is 31.3. The number of hydrogen-bond donors (Lipinski definition) is 2. The van der Waals surface area contributed by atoms with Gasteiger partial charge in [0.25, 0.3) is 0 Å². The fourth-order valence-electron chi connectivity index (χ4n) is 6.65. The third kappa shape index (κ3) is 6.28. The van der Waals surface area contributed by atoms with E-state index in [2.05, 4.69) is 5.32 Å². The van der Waals surface area contributed by atoms with Gasteiger partial charge in [-0.1, -0.05) is 31.2 Å². The van der Waals surface area contributed by atoms with Crippen molar-refractivity contribution in [2.45, 2.75) is 88.7 Å². The van der Waals surface area contributed by atoms with Crippen molar-refractivity contribution >= 4 is 35.7 Å². The molecule has 0 radical (unpaired) electrons. The minimum atomic E-state index is -1.27. The molecule has 8 atom stereocenters. The number of ether oxygens (including phenoxy) is 3. The first-order chi connectivity index (χ1) is 20.5. The van der Waals surface area contributed by atoms with Crippen molar-refractivity contribution in [3.63, 3.8) is 0 Å². The van der Waals surface area contributed by atoms with Gasteiger partial charge < -0.3 is 34.4 Å². The highest BCUT2D eigenvalue weighted by atomic mass is 32.2. The maximum atomic E-state index is 13.6. The van der Waals surface area contributed by atoms with Crippen LogP contribution in [0.15, 0.2) is 34.9 Å². The van der Waals surface area contributed by atoms with E-state index in [0.29, 0.717) is 24.3 Å². The highest BCUT2D eigenvalue weighted by Crippen LogP contribution is 2.52. The molecule has 12 heteroatoms. The molecule has 0 bridgehead atoms. The average Bonchev–Trinajstić information content (AvgIpc) is 3.43. The molecule has 2 saturated heterocycles. The van der Waals surface area contributed by atoms with E-state index in [1.165, 1.54) is 23.6 Å². The maximum absolute atomic E-state index is 13.6. The second kappa shape index (κ2) is 12.9. The lowest BCUT2D eigenvalue weighted by Crippen LogP contribution is -2.63. The number of aliphatic hydroxyl groups excluding tert-OH is 1. The van der Waals surface area contributed by atoms with Gasteiger partial charge in [0.15, 0.2) is 0 Å². The summed E-state index contributed by atoms with van der Waals surface area (Å²) in [5.74, 6) is -2.02. The summed E-state index contributed by atoms with van der Waals surface area (Å²) in [5, 5.41) is 13.5. The second-order valence-corrected chi connectivity index (χ2v) is 13.4. The average molecular weight is 616 g/mol. The van der Waals surface area contributed by atoms with Crippen molar-refractivity contribution in [2.75, 3.05) is 20.6 Å². The highest BCUT2D eigenvalue weighted by Gasteiger charge is 2.60. The lowest BCUT2D eigenvalue weighted by molar-refractivity contribution is -0.174. The number of nitrogens with zero attached hydrogens (tertiary/aromatic N) is 2. The normalized spacial score (nSPS) is 29.5. The number of thioether (sulfide) groups is 1. The molecule has 11 nitrogen and oxygen atoms in total. The molecule has 5 rings (SSSR count). The van der Waals surface area contributed by atoms with Gasteiger partial charge in [0.2, 0.25) is 18.1 Å². The van der Waals surface area contributed by atoms with Gasteiger partial charge in [-0.3, -0.25) is 9.59 Å². The Morgan fingerprint density at radius 1 is 1.14 bits per heavy atom. The Bertz CT molecular complexity index is 1300. The molecule has 0 aromatic heterocycles. The topological polar surface area (TPSA) is 135 Å². The summed E-state index contributed by atoms with van der Waals surface area (Å²) in [6, 6.07) is 7.15. The van der Waals surface area contributed by atoms with E-state index in [0.717, 1.165) is 30.4 Å². The predicted molar refractivity (Wildman–Crippen MR) is 158 cm³/mol. The van der Waals surface area contributed by atoms with Crippen molar-refractivity contribution < 1.29 is 38.5 Å². The van der Waals surface area contributed by atoms with Crippen molar-refractivity contribution in [3.05, 3.63) is 46.0 Å². The number of aliphatic hydroxyl groups is 1. The van der Waals surface area contributed by atoms with Crippen LogP contribution in [-0.2, 0) is 35.0 Å². The lowest BCUT2D eigenvalue weighted by Gasteiger charge is -2.46. The van der Waals surface area contributed by atoms with Crippen molar-refractivity contribution in [1.82, 2.24) is 15.1 Å². The number of rotatable bonds is 8. The summed E-state index contributed by atoms with van der Waals surface area (Å²) in [4.78, 5) is 55.5. The van der Waals surface area contributed by atoms with Crippen molar-refractivity contribution in [2.24, 2.45) is 11.8 Å². The third-order valence-electron chi connectivity index (χ3n) is 8.76. The number of fused-ring (bicyclic) bond motifs is 2. The van der Waals surface area contributed by atoms with Crippen LogP contribution in [-0.4, -0.2) is 89.2 Å². The Morgan fingerprint density at radius 3 is 2.60 bits per heavy atom. The number of benzene rings is 1. The molecule has 4 aliphatic rings. The predicted octanol–water partition coefficient (Wildman–Crippen LogP) is 3.12. The molecule has 3 aliphatic heterocycles. The summed E-state index contributed by atoms with van der Waals surface area (Å²) in [6.07, 6.45) is 0.531. The first-order valence-electron chi connectivity index (χ1n) is 15.0. The van der Waals surface area contributed by atoms with E-state index < -0.39 is 36.5 Å². The van der Waals surface area contributed by atoms with Gasteiger partial charge in [-0.25, -0.2) is 9.59 Å². The van der Waals surface area contributed by atoms with E-state index in [1.807, 2.05) is 31.2 Å². The second-order valence-electron chi connectivity index (χ2n) is 12.0. The van der Waals surface area contributed by atoms with Gasteiger partial charge in [-0.05, 0) is 50.2 Å². The van der Waals surface area contributed by atoms with E-state index >= 15 is 0 Å². The summed E-state index contributed by atoms with van der Waals surface area (Å²) in [7, 11) is 3.42. The van der Waals surface area contributed by atoms with Crippen LogP contribution in [0.1, 0.15) is 63.7 Å². The molecule has 1 aromatic carbocycles. The van der Waals surface area contributed by atoms with Crippen LogP contribution < -0.4 is 5.32 Å². The molecule has 1 aromatic rings. The fourth-order valence-corrected chi connectivity index (χ4v) is 8.13. The van der Waals surface area contributed by atoms with Crippen LogP contribution in [0.4, 0.5) is 4.79 Å². The van der Waals surface area contributed by atoms with E-state index in [-0.39, 0.29) is 40.8 Å². The molecule has 0 saturated carbocycles. The fraction of sp³-hybridized carbons (Fsp3) is 0.613. The van der Waals surface area contributed by atoms with Gasteiger partial charge in [0.05, 0.1) is 24.1 Å². The number of carbonyl (C=O) groups is 4. The van der Waals surface area contributed by atoms with Crippen molar-refractivity contribution in [1.29, 1.82) is 0 Å². The van der Waals surface area contributed by atoms with E-state index in [4.69, 9.17) is 14.2 Å². The standard InChI is InChI=1S/C31H41N3O8S/c1-16-25-24(17(2)35)29(37)34(25)26(27(16)43-20-14-22(32-15-20)28(36)33(4)5)30(38)40-18(3)41-31(39)42-23-13-9-7-11-19-10-6-8-12-21(19)23/h6,8,10,12,16-18,20,22-25,32,35H,7,9,11,13-15H2,1-5H3/t16-,17-,18?,20+,22+,23+,24-,25-/m1/s1. The van der Waals surface area contributed by atoms with Gasteiger partial charge in [0.1, 0.15) is 11.8 Å². The van der Waals surface area contributed by atoms with Crippen LogP contribution in [0.3, 0.4) is 0 Å². The Morgan fingerprint density at radius 2 is 1.88 bits per heavy atom. The molecule has 1 aliphatic carbocycles. The molecule has 2 fully saturated rings. The molecule has 0 spiro atoms. The SMILES string of the molecule is CC(OC(=O)O[C@H]1CCCCc2ccccc21)OC(=O)C1=C(S[C@@H]2CN[C@H](C(=O)N(C)C)C2)[C@H](C)[C@@H]2[C@@H]([C@@H](C)O)C(=O)N12. The van der Waals surface area contributed by atoms with Crippen LogP contribution in [0.5, 0.6) is 0 Å². The molecule has 2 amide bonds. The smallest absolute Gasteiger partial charge is 0.426 e. The number of esters is 1. The number of carbonyl (C=O) groups excluding carboxylic acids is 4. The Balaban J connectivity index is 1.28. The zero-order chi connectivity index (χ0) is 31.0. The summed E-state index contributed by atoms with van der Waals surface area (Å²) in [6.45, 7) is 5.48. The Hall–Kier alpha value is -3.09. The molecular formula is C31H41N3O8S. The third-order valence-corrected chi connectivity index (χ3v) is 10.3. The van der Waals surface area contributed by atoms with Crippen molar-refractivity contribution in [3.8, 4) is 0 Å². The minimum Gasteiger partial charge on any atom is -0.426 e. The maximum Gasteiger partial charge on any atom is 0.511 e. The lowest BCUT2D eigenvalue weighted by atomic mass is 9.79. The quantitative estimate of drug-likeness (QED) is 0.194. The number of likely N-dealkylation sites (N-methyl/N-ethyl adjacent to an activating group) is 1. The first-order valence-corrected chi connectivity index (χ1v) is 15.9. The zero-order valence-corrected chi connectivity index (χ0v) is 26.1. The van der Waals surface area contributed by atoms with E-state index in [9.17, 15) is 24.3 Å². The molecule has 234 valence electrons. The largest absolute Gasteiger partial charge is 0.511 e. The number of aryl methyl sites for hydroxylation is 1. The zero-order valence-electron chi connectivity index (χ0n) is 25.3. The van der Waals surface area contributed by atoms with E-state index in [1.54, 1.807) is 25.9 Å². The minimum absolute atomic E-state index is 0.0148. The monoisotopic (exact) mass is 615 g/mol. The molecule has 3 heterocycles. The molecular weight excluding hydrogens is 574 g/mol. The molecule has 43 heavy (non-hydrogen) atoms. The van der Waals surface area contributed by atoms with Gasteiger partial charge in [-0.2, -0.15) is 0 Å². The molecule has 1 unspecified atom stereocenters. The van der Waals surface area contributed by atoms with Gasteiger partial charge in [-0.15, -0.1) is 11.8 Å². The summed E-state index contributed by atoms with van der Waals surface area (Å²) in [5.41, 5.74) is 2.20. The highest BCUT2D eigenvalue weighted by molar-refractivity contribution is 8.03.